The van der Waals surface area contributed by atoms with E-state index in [0.717, 1.165) is 41.9 Å². The molecule has 0 spiro atoms. The van der Waals surface area contributed by atoms with Crippen LogP contribution in [0.3, 0.4) is 0 Å². The van der Waals surface area contributed by atoms with Crippen LogP contribution in [0, 0.1) is 0 Å². The highest BCUT2D eigenvalue weighted by atomic mass is 32.1. The molecule has 4 rings (SSSR count). The van der Waals surface area contributed by atoms with Crippen molar-refractivity contribution in [3.63, 3.8) is 0 Å². The third-order valence-electron chi connectivity index (χ3n) is 4.25. The van der Waals surface area contributed by atoms with Crippen LogP contribution in [0.25, 0.3) is 22.8 Å². The Morgan fingerprint density at radius 1 is 1.31 bits per heavy atom. The van der Waals surface area contributed by atoms with E-state index in [9.17, 15) is 4.79 Å². The summed E-state index contributed by atoms with van der Waals surface area (Å²) in [5.74, 6) is 1.76. The Labute approximate surface area is 155 Å². The summed E-state index contributed by atoms with van der Waals surface area (Å²) in [6, 6.07) is 7.93. The summed E-state index contributed by atoms with van der Waals surface area (Å²) in [5.41, 5.74) is 3.58. The van der Waals surface area contributed by atoms with Crippen molar-refractivity contribution in [2.45, 2.75) is 26.2 Å². The van der Waals surface area contributed by atoms with Crippen molar-refractivity contribution in [3.05, 3.63) is 46.3 Å². The van der Waals surface area contributed by atoms with Crippen LogP contribution in [0.15, 0.2) is 39.4 Å². The highest BCUT2D eigenvalue weighted by molar-refractivity contribution is 7.08. The molecule has 134 valence electrons. The fraction of sp³-hybridized carbons (Fsp3) is 0.300. The second kappa shape index (κ2) is 7.33. The fourth-order valence-electron chi connectivity index (χ4n) is 3.06. The maximum atomic E-state index is 12.0. The summed E-state index contributed by atoms with van der Waals surface area (Å²) in [6.07, 6.45) is 2.09. The van der Waals surface area contributed by atoms with Crippen LogP contribution in [-0.2, 0) is 22.4 Å². The zero-order valence-corrected chi connectivity index (χ0v) is 15.3. The Morgan fingerprint density at radius 2 is 2.23 bits per heavy atom. The first-order valence-corrected chi connectivity index (χ1v) is 9.63. The SMILES string of the molecule is CCOC(=O)Cc1nc(-c2ccc3c(c2)CCCO3)oc1-c1ccsc1. The molecule has 1 aromatic carbocycles. The number of hydrogen-bond acceptors (Lipinski definition) is 6. The summed E-state index contributed by atoms with van der Waals surface area (Å²) in [4.78, 5) is 16.6. The van der Waals surface area contributed by atoms with E-state index in [0.29, 0.717) is 24.0 Å². The minimum Gasteiger partial charge on any atom is -0.493 e. The predicted octanol–water partition coefficient (Wildman–Crippen LogP) is 4.50. The molecule has 26 heavy (non-hydrogen) atoms. The molecule has 1 aliphatic heterocycles. The summed E-state index contributed by atoms with van der Waals surface area (Å²) < 4.78 is 16.8. The van der Waals surface area contributed by atoms with Crippen LogP contribution < -0.4 is 4.74 Å². The third-order valence-corrected chi connectivity index (χ3v) is 4.94. The van der Waals surface area contributed by atoms with Gasteiger partial charge in [0.2, 0.25) is 5.89 Å². The van der Waals surface area contributed by atoms with Crippen molar-refractivity contribution in [1.29, 1.82) is 0 Å². The van der Waals surface area contributed by atoms with Crippen LogP contribution >= 0.6 is 11.3 Å². The molecular formula is C20H19NO4S. The quantitative estimate of drug-likeness (QED) is 0.620. The van der Waals surface area contributed by atoms with E-state index in [1.165, 1.54) is 0 Å². The number of rotatable bonds is 5. The van der Waals surface area contributed by atoms with Crippen LogP contribution in [0.1, 0.15) is 24.6 Å². The fourth-order valence-corrected chi connectivity index (χ4v) is 3.69. The van der Waals surface area contributed by atoms with Crippen molar-refractivity contribution < 1.29 is 18.7 Å². The number of benzene rings is 1. The van der Waals surface area contributed by atoms with Gasteiger partial charge in [-0.3, -0.25) is 4.79 Å². The Hall–Kier alpha value is -2.60. The lowest BCUT2D eigenvalue weighted by Gasteiger charge is -2.17. The smallest absolute Gasteiger partial charge is 0.312 e. The average Bonchev–Trinajstić information content (AvgIpc) is 3.31. The minimum absolute atomic E-state index is 0.0938. The number of ether oxygens (including phenoxy) is 2. The van der Waals surface area contributed by atoms with Crippen LogP contribution in [0.2, 0.25) is 0 Å². The topological polar surface area (TPSA) is 61.6 Å². The number of carbonyl (C=O) groups excluding carboxylic acids is 1. The number of carbonyl (C=O) groups is 1. The van der Waals surface area contributed by atoms with E-state index in [1.54, 1.807) is 18.3 Å². The maximum absolute atomic E-state index is 12.0. The summed E-state index contributed by atoms with van der Waals surface area (Å²) in [7, 11) is 0. The Balaban J connectivity index is 1.72. The zero-order chi connectivity index (χ0) is 17.9. The van der Waals surface area contributed by atoms with Gasteiger partial charge in [0.25, 0.3) is 0 Å². The van der Waals surface area contributed by atoms with Crippen molar-refractivity contribution >= 4 is 17.3 Å². The Morgan fingerprint density at radius 3 is 3.04 bits per heavy atom. The van der Waals surface area contributed by atoms with Crippen LogP contribution in [0.5, 0.6) is 5.75 Å². The van der Waals surface area contributed by atoms with Crippen molar-refractivity contribution in [2.24, 2.45) is 0 Å². The summed E-state index contributed by atoms with van der Waals surface area (Å²) >= 11 is 1.58. The van der Waals surface area contributed by atoms with E-state index in [1.807, 2.05) is 29.0 Å². The Kier molecular flexibility index (Phi) is 4.75. The highest BCUT2D eigenvalue weighted by Gasteiger charge is 2.21. The number of thiophene rings is 1. The van der Waals surface area contributed by atoms with Gasteiger partial charge in [0, 0.05) is 16.5 Å². The molecular weight excluding hydrogens is 350 g/mol. The number of oxazole rings is 1. The van der Waals surface area contributed by atoms with E-state index < -0.39 is 0 Å². The molecule has 0 atom stereocenters. The molecule has 6 heteroatoms. The van der Waals surface area contributed by atoms with Gasteiger partial charge in [-0.25, -0.2) is 4.98 Å². The molecule has 0 fully saturated rings. The number of aryl methyl sites for hydroxylation is 1. The van der Waals surface area contributed by atoms with E-state index in [-0.39, 0.29) is 12.4 Å². The summed E-state index contributed by atoms with van der Waals surface area (Å²) in [6.45, 7) is 2.90. The van der Waals surface area contributed by atoms with E-state index in [4.69, 9.17) is 13.9 Å². The van der Waals surface area contributed by atoms with Gasteiger partial charge in [0.1, 0.15) is 5.75 Å². The molecule has 3 heterocycles. The molecule has 3 aromatic rings. The Bertz CT molecular complexity index is 914. The predicted molar refractivity (Wildman–Crippen MR) is 99.4 cm³/mol. The lowest BCUT2D eigenvalue weighted by molar-refractivity contribution is -0.142. The molecule has 0 N–H and O–H groups in total. The normalized spacial score (nSPS) is 13.1. The summed E-state index contributed by atoms with van der Waals surface area (Å²) in [5, 5.41) is 3.96. The van der Waals surface area contributed by atoms with Crippen LogP contribution in [0.4, 0.5) is 0 Å². The van der Waals surface area contributed by atoms with Crippen LogP contribution in [-0.4, -0.2) is 24.2 Å². The van der Waals surface area contributed by atoms with E-state index in [2.05, 4.69) is 11.1 Å². The molecule has 0 aliphatic carbocycles. The van der Waals surface area contributed by atoms with Gasteiger partial charge in [0.15, 0.2) is 5.76 Å². The van der Waals surface area contributed by atoms with Gasteiger partial charge in [-0.15, -0.1) is 0 Å². The van der Waals surface area contributed by atoms with Crippen molar-refractivity contribution in [3.8, 4) is 28.5 Å². The monoisotopic (exact) mass is 369 g/mol. The second-order valence-electron chi connectivity index (χ2n) is 6.06. The zero-order valence-electron chi connectivity index (χ0n) is 14.5. The average molecular weight is 369 g/mol. The molecule has 0 saturated heterocycles. The number of fused-ring (bicyclic) bond motifs is 1. The molecule has 0 unspecified atom stereocenters. The molecule has 0 bridgehead atoms. The van der Waals surface area contributed by atoms with Crippen molar-refractivity contribution in [2.75, 3.05) is 13.2 Å². The maximum Gasteiger partial charge on any atom is 0.312 e. The van der Waals surface area contributed by atoms with Gasteiger partial charge in [0.05, 0.1) is 25.3 Å². The molecule has 0 amide bonds. The first-order valence-electron chi connectivity index (χ1n) is 8.68. The van der Waals surface area contributed by atoms with E-state index >= 15 is 0 Å². The van der Waals surface area contributed by atoms with Gasteiger partial charge in [-0.2, -0.15) is 11.3 Å². The number of nitrogens with zero attached hydrogens (tertiary/aromatic N) is 1. The van der Waals surface area contributed by atoms with Gasteiger partial charge < -0.3 is 13.9 Å². The standard InChI is InChI=1S/C20H19NO4S/c1-2-23-18(22)11-16-19(15-7-9-26-12-15)25-20(21-16)14-5-6-17-13(10-14)4-3-8-24-17/h5-7,9-10,12H,2-4,8,11H2,1H3. The number of hydrogen-bond donors (Lipinski definition) is 0. The third kappa shape index (κ3) is 3.37. The van der Waals surface area contributed by atoms with Gasteiger partial charge >= 0.3 is 5.97 Å². The molecule has 0 radical (unpaired) electrons. The minimum atomic E-state index is -0.303. The second-order valence-corrected chi connectivity index (χ2v) is 6.84. The molecule has 0 saturated carbocycles. The lowest BCUT2D eigenvalue weighted by atomic mass is 10.0. The molecule has 1 aliphatic rings. The molecule has 2 aromatic heterocycles. The molecule has 5 nitrogen and oxygen atoms in total. The first-order chi connectivity index (χ1) is 12.7. The first kappa shape index (κ1) is 16.8. The van der Waals surface area contributed by atoms with Crippen molar-refractivity contribution in [1.82, 2.24) is 4.98 Å². The lowest BCUT2D eigenvalue weighted by Crippen LogP contribution is -2.08. The largest absolute Gasteiger partial charge is 0.493 e. The number of aromatic nitrogens is 1. The highest BCUT2D eigenvalue weighted by Crippen LogP contribution is 2.34. The van der Waals surface area contributed by atoms with Gasteiger partial charge in [-0.1, -0.05) is 0 Å². The number of esters is 1. The van der Waals surface area contributed by atoms with Gasteiger partial charge in [-0.05, 0) is 55.0 Å².